The van der Waals surface area contributed by atoms with Crippen molar-refractivity contribution >= 4 is 27.5 Å². The predicted molar refractivity (Wildman–Crippen MR) is 93.8 cm³/mol. The quantitative estimate of drug-likeness (QED) is 0.767. The lowest BCUT2D eigenvalue weighted by molar-refractivity contribution is -0.122. The van der Waals surface area contributed by atoms with E-state index in [0.717, 1.165) is 36.6 Å². The second kappa shape index (κ2) is 6.70. The molecular formula is C17H19N5OS. The Morgan fingerprint density at radius 2 is 2.21 bits per heavy atom. The molecule has 0 fully saturated rings. The third-order valence-corrected chi connectivity index (χ3v) is 5.30. The highest BCUT2D eigenvalue weighted by Crippen LogP contribution is 2.21. The summed E-state index contributed by atoms with van der Waals surface area (Å²) in [6.07, 6.45) is 4.50. The molecule has 0 bridgehead atoms. The molecule has 3 heterocycles. The van der Waals surface area contributed by atoms with Crippen LogP contribution in [0.1, 0.15) is 10.7 Å². The smallest absolute Gasteiger partial charge is 0.234 e. The fourth-order valence-electron chi connectivity index (χ4n) is 2.97. The minimum Gasteiger partial charge on any atom is -0.355 e. The van der Waals surface area contributed by atoms with Crippen molar-refractivity contribution in [3.05, 3.63) is 47.5 Å². The zero-order chi connectivity index (χ0) is 16.4. The van der Waals surface area contributed by atoms with Crippen LogP contribution < -0.4 is 5.32 Å². The van der Waals surface area contributed by atoms with Crippen LogP contribution in [0.25, 0.3) is 10.2 Å². The average molecular weight is 341 g/mol. The number of hydrogen-bond donors (Lipinski definition) is 1. The van der Waals surface area contributed by atoms with Crippen LogP contribution >= 0.6 is 11.3 Å². The maximum absolute atomic E-state index is 12.1. The summed E-state index contributed by atoms with van der Waals surface area (Å²) < 4.78 is 3.34. The van der Waals surface area contributed by atoms with Crippen LogP contribution in [0, 0.1) is 0 Å². The molecule has 1 N–H and O–H groups in total. The molecule has 7 heteroatoms. The summed E-state index contributed by atoms with van der Waals surface area (Å²) in [5.41, 5.74) is 2.21. The molecule has 1 aliphatic heterocycles. The van der Waals surface area contributed by atoms with Crippen molar-refractivity contribution in [2.24, 2.45) is 0 Å². The zero-order valence-electron chi connectivity index (χ0n) is 13.3. The number of aromatic nitrogens is 3. The lowest BCUT2D eigenvalue weighted by Crippen LogP contribution is -2.41. The van der Waals surface area contributed by atoms with Crippen LogP contribution in [0.4, 0.5) is 0 Å². The SMILES string of the molecule is O=C(CN1CCn2cncc2C1)NCCc1nc2ccccc2s1. The summed E-state index contributed by atoms with van der Waals surface area (Å²) in [5, 5.41) is 4.07. The molecule has 124 valence electrons. The van der Waals surface area contributed by atoms with Gasteiger partial charge >= 0.3 is 0 Å². The highest BCUT2D eigenvalue weighted by molar-refractivity contribution is 7.18. The number of amides is 1. The highest BCUT2D eigenvalue weighted by Gasteiger charge is 2.18. The van der Waals surface area contributed by atoms with Gasteiger partial charge in [-0.2, -0.15) is 0 Å². The molecular weight excluding hydrogens is 322 g/mol. The van der Waals surface area contributed by atoms with Gasteiger partial charge in [-0.05, 0) is 12.1 Å². The van der Waals surface area contributed by atoms with E-state index in [1.807, 2.05) is 30.7 Å². The summed E-state index contributed by atoms with van der Waals surface area (Å²) in [4.78, 5) is 23.0. The standard InChI is InChI=1S/C17H19N5OS/c23-16(11-21-7-8-22-12-18-9-13(22)10-21)19-6-5-17-20-14-3-1-2-4-15(14)24-17/h1-4,9,12H,5-8,10-11H2,(H,19,23). The van der Waals surface area contributed by atoms with E-state index in [1.165, 1.54) is 10.4 Å². The molecule has 0 unspecified atom stereocenters. The van der Waals surface area contributed by atoms with Crippen molar-refractivity contribution < 1.29 is 4.79 Å². The zero-order valence-corrected chi connectivity index (χ0v) is 14.1. The van der Waals surface area contributed by atoms with Crippen molar-refractivity contribution in [3.8, 4) is 0 Å². The number of para-hydroxylation sites is 1. The monoisotopic (exact) mass is 341 g/mol. The third-order valence-electron chi connectivity index (χ3n) is 4.21. The van der Waals surface area contributed by atoms with E-state index in [2.05, 4.69) is 30.8 Å². The summed E-state index contributed by atoms with van der Waals surface area (Å²) in [6.45, 7) is 3.63. The van der Waals surface area contributed by atoms with Crippen molar-refractivity contribution in [1.82, 2.24) is 24.8 Å². The summed E-state index contributed by atoms with van der Waals surface area (Å²) in [7, 11) is 0. The highest BCUT2D eigenvalue weighted by atomic mass is 32.1. The lowest BCUT2D eigenvalue weighted by atomic mass is 10.3. The average Bonchev–Trinajstić information content (AvgIpc) is 3.20. The Morgan fingerprint density at radius 3 is 3.12 bits per heavy atom. The van der Waals surface area contributed by atoms with Crippen LogP contribution in [0.5, 0.6) is 0 Å². The van der Waals surface area contributed by atoms with Crippen LogP contribution in [-0.4, -0.2) is 45.0 Å². The van der Waals surface area contributed by atoms with Gasteiger partial charge in [0, 0.05) is 38.8 Å². The maximum Gasteiger partial charge on any atom is 0.234 e. The predicted octanol–water partition coefficient (Wildman–Crippen LogP) is 1.67. The molecule has 1 aliphatic rings. The number of fused-ring (bicyclic) bond motifs is 2. The van der Waals surface area contributed by atoms with Gasteiger partial charge in [-0.1, -0.05) is 12.1 Å². The van der Waals surface area contributed by atoms with Crippen molar-refractivity contribution in [3.63, 3.8) is 0 Å². The molecule has 0 saturated carbocycles. The fraction of sp³-hybridized carbons (Fsp3) is 0.353. The van der Waals surface area contributed by atoms with E-state index in [0.29, 0.717) is 13.1 Å². The number of hydrogen-bond acceptors (Lipinski definition) is 5. The molecule has 0 saturated heterocycles. The number of imidazole rings is 1. The van der Waals surface area contributed by atoms with Crippen molar-refractivity contribution in [1.29, 1.82) is 0 Å². The third kappa shape index (κ3) is 3.32. The molecule has 4 rings (SSSR count). The first-order valence-corrected chi connectivity index (χ1v) is 8.92. The van der Waals surface area contributed by atoms with Gasteiger partial charge in [0.15, 0.2) is 0 Å². The molecule has 0 atom stereocenters. The number of nitrogens with one attached hydrogen (secondary N) is 1. The summed E-state index contributed by atoms with van der Waals surface area (Å²) in [6, 6.07) is 8.12. The number of carbonyl (C=O) groups is 1. The number of carbonyl (C=O) groups excluding carboxylic acids is 1. The molecule has 24 heavy (non-hydrogen) atoms. The van der Waals surface area contributed by atoms with Gasteiger partial charge in [0.05, 0.1) is 33.8 Å². The second-order valence-electron chi connectivity index (χ2n) is 5.96. The summed E-state index contributed by atoms with van der Waals surface area (Å²) >= 11 is 1.70. The van der Waals surface area contributed by atoms with E-state index in [-0.39, 0.29) is 5.91 Å². The Labute approximate surface area is 144 Å². The molecule has 0 radical (unpaired) electrons. The molecule has 0 aliphatic carbocycles. The number of benzene rings is 1. The number of rotatable bonds is 5. The Bertz CT molecular complexity index is 822. The van der Waals surface area contributed by atoms with Crippen LogP contribution in [0.3, 0.4) is 0 Å². The van der Waals surface area contributed by atoms with E-state index in [1.54, 1.807) is 11.3 Å². The first kappa shape index (κ1) is 15.3. The molecule has 0 spiro atoms. The topological polar surface area (TPSA) is 63.1 Å². The van der Waals surface area contributed by atoms with Crippen LogP contribution in [0.15, 0.2) is 36.8 Å². The van der Waals surface area contributed by atoms with Gasteiger partial charge in [0.2, 0.25) is 5.91 Å². The van der Waals surface area contributed by atoms with E-state index in [4.69, 9.17) is 0 Å². The van der Waals surface area contributed by atoms with Crippen molar-refractivity contribution in [2.75, 3.05) is 19.6 Å². The molecule has 3 aromatic rings. The lowest BCUT2D eigenvalue weighted by Gasteiger charge is -2.27. The Balaban J connectivity index is 1.25. The Kier molecular flexibility index (Phi) is 4.27. The van der Waals surface area contributed by atoms with Crippen LogP contribution in [0.2, 0.25) is 0 Å². The van der Waals surface area contributed by atoms with Gasteiger partial charge < -0.3 is 9.88 Å². The maximum atomic E-state index is 12.1. The summed E-state index contributed by atoms with van der Waals surface area (Å²) in [5.74, 6) is 0.0732. The van der Waals surface area contributed by atoms with E-state index in [9.17, 15) is 4.79 Å². The minimum absolute atomic E-state index is 0.0732. The molecule has 6 nitrogen and oxygen atoms in total. The van der Waals surface area contributed by atoms with Gasteiger partial charge in [-0.15, -0.1) is 11.3 Å². The normalized spacial score (nSPS) is 14.7. The van der Waals surface area contributed by atoms with E-state index < -0.39 is 0 Å². The van der Waals surface area contributed by atoms with Gasteiger partial charge in [0.1, 0.15) is 0 Å². The number of nitrogens with zero attached hydrogens (tertiary/aromatic N) is 4. The molecule has 1 aromatic carbocycles. The molecule has 2 aromatic heterocycles. The fourth-order valence-corrected chi connectivity index (χ4v) is 3.93. The first-order chi connectivity index (χ1) is 11.8. The first-order valence-electron chi connectivity index (χ1n) is 8.10. The van der Waals surface area contributed by atoms with Crippen LogP contribution in [-0.2, 0) is 24.3 Å². The largest absolute Gasteiger partial charge is 0.355 e. The van der Waals surface area contributed by atoms with Crippen molar-refractivity contribution in [2.45, 2.75) is 19.5 Å². The Morgan fingerprint density at radius 1 is 1.29 bits per heavy atom. The molecule has 1 amide bonds. The Hall–Kier alpha value is -2.25. The van der Waals surface area contributed by atoms with E-state index >= 15 is 0 Å². The number of thiazole rings is 1. The minimum atomic E-state index is 0.0732. The van der Waals surface area contributed by atoms with Gasteiger partial charge in [-0.3, -0.25) is 9.69 Å². The second-order valence-corrected chi connectivity index (χ2v) is 7.08. The van der Waals surface area contributed by atoms with Gasteiger partial charge in [-0.25, -0.2) is 9.97 Å². The van der Waals surface area contributed by atoms with Gasteiger partial charge in [0.25, 0.3) is 0 Å².